The van der Waals surface area contributed by atoms with Crippen LogP contribution in [-0.2, 0) is 4.74 Å². The van der Waals surface area contributed by atoms with E-state index in [1.165, 1.54) is 12.1 Å². The molecule has 1 fully saturated rings. The van der Waals surface area contributed by atoms with Crippen LogP contribution in [0.2, 0.25) is 0 Å². The first-order valence-electron chi connectivity index (χ1n) is 6.56. The number of Topliss-reactive ketones (excluding diaryl/α,β-unsaturated/α-hetero) is 1. The molecule has 0 amide bonds. The van der Waals surface area contributed by atoms with Gasteiger partial charge in [-0.1, -0.05) is 0 Å². The van der Waals surface area contributed by atoms with Gasteiger partial charge in [-0.2, -0.15) is 0 Å². The summed E-state index contributed by atoms with van der Waals surface area (Å²) >= 11 is 0. The number of morpholine rings is 1. The van der Waals surface area contributed by atoms with Gasteiger partial charge in [0.25, 0.3) is 0 Å². The largest absolute Gasteiger partial charge is 0.573 e. The molecule has 1 heterocycles. The molecule has 7 heteroatoms. The van der Waals surface area contributed by atoms with Crippen LogP contribution >= 0.6 is 0 Å². The van der Waals surface area contributed by atoms with Gasteiger partial charge in [0.2, 0.25) is 0 Å². The summed E-state index contributed by atoms with van der Waals surface area (Å²) in [5.41, 5.74) is 0.351. The Labute approximate surface area is 120 Å². The Morgan fingerprint density at radius 2 is 2.00 bits per heavy atom. The lowest BCUT2D eigenvalue weighted by Gasteiger charge is -2.28. The number of carbonyl (C=O) groups excluding carboxylic acids is 1. The highest BCUT2D eigenvalue weighted by molar-refractivity contribution is 5.96. The normalized spacial score (nSPS) is 22.9. The lowest BCUT2D eigenvalue weighted by Crippen LogP contribution is -2.48. The average molecular weight is 303 g/mol. The number of halogens is 3. The van der Waals surface area contributed by atoms with E-state index in [0.717, 1.165) is 12.1 Å². The Hall–Kier alpha value is -1.60. The fourth-order valence-corrected chi connectivity index (χ4v) is 2.19. The highest BCUT2D eigenvalue weighted by Crippen LogP contribution is 2.23. The highest BCUT2D eigenvalue weighted by Gasteiger charge is 2.31. The van der Waals surface area contributed by atoms with Gasteiger partial charge in [0.15, 0.2) is 5.78 Å². The van der Waals surface area contributed by atoms with Crippen molar-refractivity contribution in [3.05, 3.63) is 29.8 Å². The van der Waals surface area contributed by atoms with Crippen molar-refractivity contribution >= 4 is 5.78 Å². The topological polar surface area (TPSA) is 47.6 Å². The summed E-state index contributed by atoms with van der Waals surface area (Å²) in [6, 6.07) is 5.03. The molecule has 2 unspecified atom stereocenters. The second-order valence-electron chi connectivity index (χ2n) is 5.00. The van der Waals surface area contributed by atoms with E-state index >= 15 is 0 Å². The number of hydrogen-bond acceptors (Lipinski definition) is 4. The Morgan fingerprint density at radius 3 is 2.57 bits per heavy atom. The molecule has 0 bridgehead atoms. The number of alkyl halides is 3. The number of carbonyl (C=O) groups is 1. The Balaban J connectivity index is 1.93. The van der Waals surface area contributed by atoms with Crippen LogP contribution < -0.4 is 10.1 Å². The van der Waals surface area contributed by atoms with Crippen molar-refractivity contribution in [2.75, 3.05) is 13.2 Å². The molecular weight excluding hydrogens is 287 g/mol. The molecule has 1 N–H and O–H groups in total. The zero-order valence-corrected chi connectivity index (χ0v) is 11.4. The van der Waals surface area contributed by atoms with Gasteiger partial charge in [-0.05, 0) is 31.2 Å². The van der Waals surface area contributed by atoms with Crippen LogP contribution in [0.3, 0.4) is 0 Å². The van der Waals surface area contributed by atoms with Crippen molar-refractivity contribution in [2.24, 2.45) is 0 Å². The van der Waals surface area contributed by atoms with E-state index < -0.39 is 6.36 Å². The van der Waals surface area contributed by atoms with E-state index in [9.17, 15) is 18.0 Å². The lowest BCUT2D eigenvalue weighted by molar-refractivity contribution is -0.274. The minimum absolute atomic E-state index is 0.0765. The van der Waals surface area contributed by atoms with Gasteiger partial charge in [-0.25, -0.2) is 0 Å². The predicted molar refractivity (Wildman–Crippen MR) is 69.3 cm³/mol. The van der Waals surface area contributed by atoms with Crippen LogP contribution in [0.15, 0.2) is 24.3 Å². The summed E-state index contributed by atoms with van der Waals surface area (Å²) in [7, 11) is 0. The van der Waals surface area contributed by atoms with Crippen molar-refractivity contribution in [2.45, 2.75) is 31.8 Å². The number of ketones is 1. The lowest BCUT2D eigenvalue weighted by atomic mass is 10.0. The van der Waals surface area contributed by atoms with Crippen molar-refractivity contribution in [1.29, 1.82) is 0 Å². The molecular formula is C14H16F3NO3. The summed E-state index contributed by atoms with van der Waals surface area (Å²) in [5, 5.41) is 3.24. The second-order valence-corrected chi connectivity index (χ2v) is 5.00. The highest BCUT2D eigenvalue weighted by atomic mass is 19.4. The second kappa shape index (κ2) is 6.44. The van der Waals surface area contributed by atoms with Crippen LogP contribution in [0.1, 0.15) is 23.7 Å². The van der Waals surface area contributed by atoms with Crippen molar-refractivity contribution < 1.29 is 27.4 Å². The molecule has 116 valence electrons. The zero-order valence-electron chi connectivity index (χ0n) is 11.4. The van der Waals surface area contributed by atoms with Crippen molar-refractivity contribution in [3.8, 4) is 5.75 Å². The average Bonchev–Trinajstić information content (AvgIpc) is 2.37. The number of nitrogens with one attached hydrogen (secondary N) is 1. The Bertz CT molecular complexity index is 487. The molecule has 0 aromatic heterocycles. The Morgan fingerprint density at radius 1 is 1.33 bits per heavy atom. The third kappa shape index (κ3) is 5.02. The van der Waals surface area contributed by atoms with E-state index in [-0.39, 0.29) is 30.0 Å². The maximum atomic E-state index is 12.1. The SMILES string of the molecule is CC1COCC(CC(=O)c2ccc(OC(F)(F)F)cc2)N1. The van der Waals surface area contributed by atoms with Gasteiger partial charge in [-0.3, -0.25) is 4.79 Å². The fourth-order valence-electron chi connectivity index (χ4n) is 2.19. The summed E-state index contributed by atoms with van der Waals surface area (Å²) in [6.07, 6.45) is -4.49. The first kappa shape index (κ1) is 15.8. The van der Waals surface area contributed by atoms with E-state index in [4.69, 9.17) is 4.74 Å². The number of hydrogen-bond donors (Lipinski definition) is 1. The third-order valence-corrected chi connectivity index (χ3v) is 3.05. The summed E-state index contributed by atoms with van der Waals surface area (Å²) < 4.78 is 45.2. The molecule has 1 saturated heterocycles. The van der Waals surface area contributed by atoms with Gasteiger partial charge in [0, 0.05) is 24.1 Å². The molecule has 0 saturated carbocycles. The van der Waals surface area contributed by atoms with Gasteiger partial charge in [-0.15, -0.1) is 13.2 Å². The van der Waals surface area contributed by atoms with Gasteiger partial charge in [0.05, 0.1) is 13.2 Å². The standard InChI is InChI=1S/C14H16F3NO3/c1-9-7-20-8-11(18-9)6-13(19)10-2-4-12(5-3-10)21-14(15,16)17/h2-5,9,11,18H,6-8H2,1H3. The third-order valence-electron chi connectivity index (χ3n) is 3.05. The van der Waals surface area contributed by atoms with E-state index in [1.807, 2.05) is 6.92 Å². The maximum Gasteiger partial charge on any atom is 0.573 e. The molecule has 1 aromatic rings. The molecule has 1 aliphatic rings. The van der Waals surface area contributed by atoms with E-state index in [2.05, 4.69) is 10.1 Å². The maximum absolute atomic E-state index is 12.1. The predicted octanol–water partition coefficient (Wildman–Crippen LogP) is 2.53. The Kier molecular flexibility index (Phi) is 4.84. The van der Waals surface area contributed by atoms with E-state index in [1.54, 1.807) is 0 Å². The molecule has 2 rings (SSSR count). The van der Waals surface area contributed by atoms with Crippen LogP contribution in [0.4, 0.5) is 13.2 Å². The van der Waals surface area contributed by atoms with E-state index in [0.29, 0.717) is 18.8 Å². The van der Waals surface area contributed by atoms with Gasteiger partial charge in [0.1, 0.15) is 5.75 Å². The molecule has 0 aliphatic carbocycles. The summed E-state index contributed by atoms with van der Waals surface area (Å²) in [6.45, 7) is 3.01. The monoisotopic (exact) mass is 303 g/mol. The van der Waals surface area contributed by atoms with Crippen LogP contribution in [-0.4, -0.2) is 37.4 Å². The smallest absolute Gasteiger partial charge is 0.406 e. The molecule has 1 aliphatic heterocycles. The van der Waals surface area contributed by atoms with Gasteiger partial charge >= 0.3 is 6.36 Å². The molecule has 0 radical (unpaired) electrons. The van der Waals surface area contributed by atoms with Crippen LogP contribution in [0, 0.1) is 0 Å². The number of rotatable bonds is 4. The first-order chi connectivity index (χ1) is 9.83. The van der Waals surface area contributed by atoms with Crippen molar-refractivity contribution in [1.82, 2.24) is 5.32 Å². The minimum atomic E-state index is -4.73. The minimum Gasteiger partial charge on any atom is -0.406 e. The zero-order chi connectivity index (χ0) is 15.5. The summed E-state index contributed by atoms with van der Waals surface area (Å²) in [5.74, 6) is -0.490. The molecule has 1 aromatic carbocycles. The molecule has 0 spiro atoms. The number of benzene rings is 1. The van der Waals surface area contributed by atoms with Crippen LogP contribution in [0.5, 0.6) is 5.75 Å². The first-order valence-corrected chi connectivity index (χ1v) is 6.56. The summed E-state index contributed by atoms with van der Waals surface area (Å²) in [4.78, 5) is 12.1. The fraction of sp³-hybridized carbons (Fsp3) is 0.500. The van der Waals surface area contributed by atoms with Crippen molar-refractivity contribution in [3.63, 3.8) is 0 Å². The molecule has 21 heavy (non-hydrogen) atoms. The van der Waals surface area contributed by atoms with Gasteiger partial charge < -0.3 is 14.8 Å². The van der Waals surface area contributed by atoms with Crippen LogP contribution in [0.25, 0.3) is 0 Å². The molecule has 4 nitrogen and oxygen atoms in total. The number of ether oxygens (including phenoxy) is 2. The molecule has 2 atom stereocenters. The quantitative estimate of drug-likeness (QED) is 0.868.